The van der Waals surface area contributed by atoms with Crippen molar-refractivity contribution in [1.29, 1.82) is 0 Å². The van der Waals surface area contributed by atoms with Gasteiger partial charge >= 0.3 is 12.1 Å². The lowest BCUT2D eigenvalue weighted by molar-refractivity contribution is -0.138. The topological polar surface area (TPSA) is 79.7 Å². The molecule has 1 saturated heterocycles. The molecule has 2 atom stereocenters. The van der Waals surface area contributed by atoms with E-state index in [9.17, 15) is 9.59 Å². The second-order valence-electron chi connectivity index (χ2n) is 6.11. The van der Waals surface area contributed by atoms with Crippen LogP contribution in [0, 0.1) is 0 Å². The lowest BCUT2D eigenvalue weighted by atomic mass is 10.1. The summed E-state index contributed by atoms with van der Waals surface area (Å²) in [5.74, 6) is -0.364. The van der Waals surface area contributed by atoms with Gasteiger partial charge in [-0.3, -0.25) is 14.7 Å². The van der Waals surface area contributed by atoms with Gasteiger partial charge in [-0.25, -0.2) is 4.79 Å². The second kappa shape index (κ2) is 6.56. The third-order valence-corrected chi connectivity index (χ3v) is 4.47. The molecule has 7 heteroatoms. The first-order chi connectivity index (χ1) is 10.3. The first kappa shape index (κ1) is 16.6. The third-order valence-electron chi connectivity index (χ3n) is 3.08. The molecule has 0 aromatic carbocycles. The van der Waals surface area contributed by atoms with Crippen molar-refractivity contribution in [2.24, 2.45) is 0 Å². The molecule has 0 aliphatic carbocycles. The average molecular weight is 324 g/mol. The van der Waals surface area contributed by atoms with Crippen LogP contribution in [-0.2, 0) is 9.53 Å². The van der Waals surface area contributed by atoms with E-state index in [1.54, 1.807) is 39.2 Å². The van der Waals surface area contributed by atoms with Crippen LogP contribution in [0.2, 0.25) is 0 Å². The van der Waals surface area contributed by atoms with Crippen LogP contribution in [0.4, 0.5) is 4.79 Å². The van der Waals surface area contributed by atoms with Gasteiger partial charge in [0.2, 0.25) is 0 Å². The summed E-state index contributed by atoms with van der Waals surface area (Å²) in [5.41, 5.74) is 0.240. The number of hydrogen-bond acceptors (Lipinski definition) is 5. The lowest BCUT2D eigenvalue weighted by Crippen LogP contribution is -2.42. The summed E-state index contributed by atoms with van der Waals surface area (Å²) in [6, 6.07) is 3.29. The van der Waals surface area contributed by atoms with Crippen molar-refractivity contribution in [1.82, 2.24) is 9.88 Å². The number of carboxylic acids is 1. The first-order valence-corrected chi connectivity index (χ1v) is 8.07. The molecule has 120 valence electrons. The molecule has 22 heavy (non-hydrogen) atoms. The van der Waals surface area contributed by atoms with E-state index in [1.165, 1.54) is 16.7 Å². The number of pyridine rings is 1. The standard InChI is InChI=1S/C15H20N2O4S/c1-15(2,3)21-14(20)17-11(7-12(18)19)9-22-13(17)10-5-4-6-16-8-10/h4-6,8,11,13H,7,9H2,1-3H3,(H,18,19). The molecule has 2 unspecified atom stereocenters. The molecule has 1 aromatic heterocycles. The van der Waals surface area contributed by atoms with Gasteiger partial charge in [-0.15, -0.1) is 11.8 Å². The zero-order valence-corrected chi connectivity index (χ0v) is 13.7. The van der Waals surface area contributed by atoms with E-state index in [4.69, 9.17) is 9.84 Å². The largest absolute Gasteiger partial charge is 0.481 e. The highest BCUT2D eigenvalue weighted by Crippen LogP contribution is 2.42. The molecule has 1 amide bonds. The van der Waals surface area contributed by atoms with E-state index in [-0.39, 0.29) is 17.8 Å². The van der Waals surface area contributed by atoms with Gasteiger partial charge in [0, 0.05) is 23.7 Å². The molecule has 1 aromatic rings. The Morgan fingerprint density at radius 1 is 1.50 bits per heavy atom. The molecule has 0 spiro atoms. The minimum absolute atomic E-state index is 0.0942. The number of ether oxygens (including phenoxy) is 1. The van der Waals surface area contributed by atoms with Crippen LogP contribution < -0.4 is 0 Å². The van der Waals surface area contributed by atoms with Gasteiger partial charge in [0.15, 0.2) is 0 Å². The van der Waals surface area contributed by atoms with E-state index in [0.29, 0.717) is 5.75 Å². The summed E-state index contributed by atoms with van der Waals surface area (Å²) < 4.78 is 5.45. The van der Waals surface area contributed by atoms with E-state index in [0.717, 1.165) is 5.56 Å². The number of rotatable bonds is 3. The Hall–Kier alpha value is -1.76. The Balaban J connectivity index is 2.25. The van der Waals surface area contributed by atoms with Crippen LogP contribution in [0.15, 0.2) is 24.5 Å². The fraction of sp³-hybridized carbons (Fsp3) is 0.533. The number of carbonyl (C=O) groups excluding carboxylic acids is 1. The first-order valence-electron chi connectivity index (χ1n) is 7.02. The molecule has 1 N–H and O–H groups in total. The predicted octanol–water partition coefficient (Wildman–Crippen LogP) is 2.91. The van der Waals surface area contributed by atoms with Crippen LogP contribution in [0.3, 0.4) is 0 Å². The predicted molar refractivity (Wildman–Crippen MR) is 83.5 cm³/mol. The zero-order valence-electron chi connectivity index (χ0n) is 12.9. The highest BCUT2D eigenvalue weighted by atomic mass is 32.2. The number of hydrogen-bond donors (Lipinski definition) is 1. The van der Waals surface area contributed by atoms with Crippen molar-refractivity contribution in [3.63, 3.8) is 0 Å². The molecular formula is C15H20N2O4S. The van der Waals surface area contributed by atoms with Crippen molar-refractivity contribution in [2.45, 2.75) is 44.2 Å². The monoisotopic (exact) mass is 324 g/mol. The fourth-order valence-electron chi connectivity index (χ4n) is 2.25. The summed E-state index contributed by atoms with van der Waals surface area (Å²) in [5, 5.41) is 8.79. The SMILES string of the molecule is CC(C)(C)OC(=O)N1C(CC(=O)O)CSC1c1cccnc1. The van der Waals surface area contributed by atoms with Crippen molar-refractivity contribution in [3.8, 4) is 0 Å². The average Bonchev–Trinajstić information content (AvgIpc) is 2.80. The molecule has 0 radical (unpaired) electrons. The van der Waals surface area contributed by atoms with Gasteiger partial charge in [-0.1, -0.05) is 6.07 Å². The Kier molecular flexibility index (Phi) is 4.95. The van der Waals surface area contributed by atoms with Gasteiger partial charge in [0.25, 0.3) is 0 Å². The van der Waals surface area contributed by atoms with E-state index < -0.39 is 17.7 Å². The van der Waals surface area contributed by atoms with Crippen molar-refractivity contribution >= 4 is 23.8 Å². The molecule has 6 nitrogen and oxygen atoms in total. The van der Waals surface area contributed by atoms with Crippen molar-refractivity contribution < 1.29 is 19.4 Å². The maximum atomic E-state index is 12.5. The Morgan fingerprint density at radius 2 is 2.23 bits per heavy atom. The number of aliphatic carboxylic acids is 1. The molecule has 2 rings (SSSR count). The molecule has 1 fully saturated rings. The summed E-state index contributed by atoms with van der Waals surface area (Å²) in [4.78, 5) is 29.2. The van der Waals surface area contributed by atoms with Gasteiger partial charge in [-0.2, -0.15) is 0 Å². The third kappa shape index (κ3) is 4.13. The Bertz CT molecular complexity index is 544. The number of thioether (sulfide) groups is 1. The van der Waals surface area contributed by atoms with Crippen LogP contribution in [0.1, 0.15) is 38.1 Å². The highest BCUT2D eigenvalue weighted by Gasteiger charge is 2.41. The minimum atomic E-state index is -0.925. The van der Waals surface area contributed by atoms with E-state index in [1.807, 2.05) is 6.07 Å². The Morgan fingerprint density at radius 3 is 2.77 bits per heavy atom. The highest BCUT2D eigenvalue weighted by molar-refractivity contribution is 7.99. The van der Waals surface area contributed by atoms with Crippen molar-refractivity contribution in [2.75, 3.05) is 5.75 Å². The lowest BCUT2D eigenvalue weighted by Gasteiger charge is -2.31. The maximum absolute atomic E-state index is 12.5. The smallest absolute Gasteiger partial charge is 0.411 e. The van der Waals surface area contributed by atoms with Crippen LogP contribution >= 0.6 is 11.8 Å². The van der Waals surface area contributed by atoms with E-state index in [2.05, 4.69) is 4.98 Å². The van der Waals surface area contributed by atoms with Gasteiger partial charge in [0.1, 0.15) is 11.0 Å². The van der Waals surface area contributed by atoms with Crippen LogP contribution in [0.5, 0.6) is 0 Å². The van der Waals surface area contributed by atoms with Gasteiger partial charge < -0.3 is 9.84 Å². The number of nitrogens with zero attached hydrogens (tertiary/aromatic N) is 2. The molecule has 1 aliphatic rings. The fourth-order valence-corrected chi connectivity index (χ4v) is 3.69. The number of carbonyl (C=O) groups is 2. The van der Waals surface area contributed by atoms with Crippen LogP contribution in [-0.4, -0.2) is 44.4 Å². The van der Waals surface area contributed by atoms with Crippen LogP contribution in [0.25, 0.3) is 0 Å². The zero-order chi connectivity index (χ0) is 16.3. The second-order valence-corrected chi connectivity index (χ2v) is 7.22. The van der Waals surface area contributed by atoms with Gasteiger partial charge in [-0.05, 0) is 26.8 Å². The quantitative estimate of drug-likeness (QED) is 0.921. The van der Waals surface area contributed by atoms with E-state index >= 15 is 0 Å². The molecule has 0 bridgehead atoms. The maximum Gasteiger partial charge on any atom is 0.411 e. The summed E-state index contributed by atoms with van der Waals surface area (Å²) in [7, 11) is 0. The van der Waals surface area contributed by atoms with Crippen molar-refractivity contribution in [3.05, 3.63) is 30.1 Å². The number of aromatic nitrogens is 1. The normalized spacial score (nSPS) is 21.7. The molecule has 2 heterocycles. The summed E-state index contributed by atoms with van der Waals surface area (Å²) >= 11 is 1.53. The molecular weight excluding hydrogens is 304 g/mol. The Labute approximate surface area is 133 Å². The summed E-state index contributed by atoms with van der Waals surface area (Å²) in [6.45, 7) is 5.37. The summed E-state index contributed by atoms with van der Waals surface area (Å²) in [6.07, 6.45) is 2.77. The molecule has 1 aliphatic heterocycles. The number of carboxylic acid groups (broad SMARTS) is 1. The van der Waals surface area contributed by atoms with Gasteiger partial charge in [0.05, 0.1) is 12.5 Å². The number of amides is 1. The molecule has 0 saturated carbocycles. The minimum Gasteiger partial charge on any atom is -0.481 e.